The molecule has 1 aliphatic heterocycles. The number of carbonyl (C=O) groups is 1. The normalized spacial score (nSPS) is 18.2. The molecule has 1 aliphatic carbocycles. The van der Waals surface area contributed by atoms with Crippen LogP contribution in [0.15, 0.2) is 18.2 Å². The Bertz CT molecular complexity index is 1050. The second kappa shape index (κ2) is 12.5. The number of piperidine rings is 1. The van der Waals surface area contributed by atoms with Gasteiger partial charge in [-0.3, -0.25) is 4.79 Å². The van der Waals surface area contributed by atoms with Gasteiger partial charge in [0.05, 0.1) is 11.1 Å². The van der Waals surface area contributed by atoms with Gasteiger partial charge in [-0.05, 0) is 50.3 Å². The number of alkyl halides is 4. The number of fused-ring (bicyclic) bond motifs is 1. The van der Waals surface area contributed by atoms with E-state index in [-0.39, 0.29) is 23.3 Å². The molecule has 2 aromatic rings. The number of anilines is 2. The third kappa shape index (κ3) is 7.37. The Hall–Kier alpha value is -2.33. The Morgan fingerprint density at radius 3 is 2.54 bits per heavy atom. The monoisotopic (exact) mass is 540 g/mol. The van der Waals surface area contributed by atoms with Gasteiger partial charge in [-0.15, -0.1) is 11.6 Å². The van der Waals surface area contributed by atoms with E-state index >= 15 is 0 Å². The van der Waals surface area contributed by atoms with Gasteiger partial charge < -0.3 is 20.4 Å². The quantitative estimate of drug-likeness (QED) is 0.343. The summed E-state index contributed by atoms with van der Waals surface area (Å²) in [6, 6.07) is 4.52. The van der Waals surface area contributed by atoms with E-state index in [1.807, 2.05) is 0 Å². The number of benzene rings is 1. The first-order valence-corrected chi connectivity index (χ1v) is 13.7. The Balaban J connectivity index is 1.49. The Kier molecular flexibility index (Phi) is 9.34. The van der Waals surface area contributed by atoms with Crippen LogP contribution in [0.5, 0.6) is 0 Å². The summed E-state index contributed by atoms with van der Waals surface area (Å²) in [7, 11) is 1.80. The van der Waals surface area contributed by atoms with Crippen LogP contribution in [0.3, 0.4) is 0 Å². The molecule has 204 valence electrons. The molecule has 1 aromatic heterocycles. The van der Waals surface area contributed by atoms with Crippen molar-refractivity contribution in [3.63, 3.8) is 0 Å². The van der Waals surface area contributed by atoms with E-state index in [1.54, 1.807) is 11.9 Å². The number of hydrogen-bond acceptors (Lipinski definition) is 6. The first kappa shape index (κ1) is 27.7. The lowest BCUT2D eigenvalue weighted by atomic mass is 9.92. The highest BCUT2D eigenvalue weighted by atomic mass is 35.5. The van der Waals surface area contributed by atoms with Crippen molar-refractivity contribution < 1.29 is 18.0 Å². The van der Waals surface area contributed by atoms with Crippen molar-refractivity contribution in [1.82, 2.24) is 20.2 Å². The van der Waals surface area contributed by atoms with E-state index < -0.39 is 11.7 Å². The third-order valence-corrected chi connectivity index (χ3v) is 7.67. The zero-order chi connectivity index (χ0) is 26.4. The molecule has 2 heterocycles. The number of nitrogens with zero attached hydrogens (tertiary/aromatic N) is 4. The molecular weight excluding hydrogens is 505 g/mol. The van der Waals surface area contributed by atoms with Crippen LogP contribution in [0.25, 0.3) is 10.9 Å². The number of hydrogen-bond donors (Lipinski definition) is 2. The summed E-state index contributed by atoms with van der Waals surface area (Å²) in [5, 5.41) is 6.82. The standard InChI is InChI=1S/C26H36ClF3N6O/c1-35(13-5-12-31-23(37)17-27)25-33-22-16-18(26(28,29)30)8-9-21(22)24(34-25)32-19-10-14-36(15-11-19)20-6-3-2-4-7-20/h8-9,16,19-20H,2-7,10-15,17H2,1H3,(H,31,37)(H,32,33,34). The van der Waals surface area contributed by atoms with E-state index in [0.29, 0.717) is 42.7 Å². The summed E-state index contributed by atoms with van der Waals surface area (Å²) in [4.78, 5) is 24.9. The molecule has 0 radical (unpaired) electrons. The largest absolute Gasteiger partial charge is 0.416 e. The van der Waals surface area contributed by atoms with Gasteiger partial charge in [-0.25, -0.2) is 4.98 Å². The van der Waals surface area contributed by atoms with Crippen molar-refractivity contribution in [2.24, 2.45) is 0 Å². The Morgan fingerprint density at radius 1 is 1.14 bits per heavy atom. The maximum Gasteiger partial charge on any atom is 0.416 e. The second-order valence-electron chi connectivity index (χ2n) is 10.1. The maximum atomic E-state index is 13.4. The highest BCUT2D eigenvalue weighted by molar-refractivity contribution is 6.27. The van der Waals surface area contributed by atoms with Crippen molar-refractivity contribution in [1.29, 1.82) is 0 Å². The summed E-state index contributed by atoms with van der Waals surface area (Å²) >= 11 is 5.50. The minimum Gasteiger partial charge on any atom is -0.367 e. The zero-order valence-corrected chi connectivity index (χ0v) is 22.0. The van der Waals surface area contributed by atoms with Crippen LogP contribution in [-0.2, 0) is 11.0 Å². The number of rotatable bonds is 9. The molecule has 0 atom stereocenters. The van der Waals surface area contributed by atoms with Crippen LogP contribution in [0.2, 0.25) is 0 Å². The van der Waals surface area contributed by atoms with Gasteiger partial charge in [-0.1, -0.05) is 19.3 Å². The number of aromatic nitrogens is 2. The summed E-state index contributed by atoms with van der Waals surface area (Å²) in [5.41, 5.74) is -0.480. The minimum absolute atomic E-state index is 0.0974. The highest BCUT2D eigenvalue weighted by Crippen LogP contribution is 2.34. The fourth-order valence-corrected chi connectivity index (χ4v) is 5.41. The van der Waals surface area contributed by atoms with Crippen molar-refractivity contribution >= 4 is 40.2 Å². The van der Waals surface area contributed by atoms with Crippen LogP contribution >= 0.6 is 11.6 Å². The molecule has 7 nitrogen and oxygen atoms in total. The van der Waals surface area contributed by atoms with Crippen molar-refractivity contribution in [3.8, 4) is 0 Å². The molecule has 0 spiro atoms. The smallest absolute Gasteiger partial charge is 0.367 e. The predicted molar refractivity (Wildman–Crippen MR) is 141 cm³/mol. The molecule has 1 saturated heterocycles. The maximum absolute atomic E-state index is 13.4. The van der Waals surface area contributed by atoms with Gasteiger partial charge in [0.2, 0.25) is 11.9 Å². The number of carbonyl (C=O) groups excluding carboxylic acids is 1. The molecule has 1 aromatic carbocycles. The van der Waals surface area contributed by atoms with Crippen molar-refractivity contribution in [2.75, 3.05) is 49.3 Å². The van der Waals surface area contributed by atoms with Gasteiger partial charge in [0, 0.05) is 50.7 Å². The van der Waals surface area contributed by atoms with Crippen LogP contribution in [-0.4, -0.2) is 72.0 Å². The van der Waals surface area contributed by atoms with E-state index in [0.717, 1.165) is 38.1 Å². The van der Waals surface area contributed by atoms with Crippen molar-refractivity contribution in [3.05, 3.63) is 23.8 Å². The molecule has 1 amide bonds. The number of likely N-dealkylation sites (tertiary alicyclic amines) is 1. The number of amides is 1. The molecule has 4 rings (SSSR count). The summed E-state index contributed by atoms with van der Waals surface area (Å²) in [6.45, 7) is 2.99. The Labute approximate surface area is 221 Å². The molecule has 1 saturated carbocycles. The van der Waals surface area contributed by atoms with E-state index in [9.17, 15) is 18.0 Å². The zero-order valence-electron chi connectivity index (χ0n) is 21.3. The lowest BCUT2D eigenvalue weighted by molar-refractivity contribution is -0.137. The van der Waals surface area contributed by atoms with E-state index in [1.165, 1.54) is 38.2 Å². The molecule has 2 aliphatic rings. The van der Waals surface area contributed by atoms with Gasteiger partial charge in [0.25, 0.3) is 0 Å². The fraction of sp³-hybridized carbons (Fsp3) is 0.654. The van der Waals surface area contributed by atoms with E-state index in [2.05, 4.69) is 20.5 Å². The second-order valence-corrected chi connectivity index (χ2v) is 10.4. The molecule has 2 fully saturated rings. The van der Waals surface area contributed by atoms with Gasteiger partial charge in [-0.2, -0.15) is 18.2 Å². The van der Waals surface area contributed by atoms with Crippen LogP contribution < -0.4 is 15.5 Å². The van der Waals surface area contributed by atoms with Gasteiger partial charge in [0.15, 0.2) is 0 Å². The van der Waals surface area contributed by atoms with Gasteiger partial charge >= 0.3 is 6.18 Å². The molecular formula is C26H36ClF3N6O. The average Bonchev–Trinajstić information content (AvgIpc) is 2.90. The molecule has 0 bridgehead atoms. The fourth-order valence-electron chi connectivity index (χ4n) is 5.31. The summed E-state index contributed by atoms with van der Waals surface area (Å²) < 4.78 is 40.3. The predicted octanol–water partition coefficient (Wildman–Crippen LogP) is 5.04. The number of nitrogens with one attached hydrogen (secondary N) is 2. The molecule has 37 heavy (non-hydrogen) atoms. The minimum atomic E-state index is -4.45. The summed E-state index contributed by atoms with van der Waals surface area (Å²) in [5.74, 6) is 0.566. The molecule has 0 unspecified atom stereocenters. The van der Waals surface area contributed by atoms with Gasteiger partial charge in [0.1, 0.15) is 11.7 Å². The first-order chi connectivity index (χ1) is 17.7. The van der Waals surface area contributed by atoms with E-state index in [4.69, 9.17) is 16.6 Å². The van der Waals surface area contributed by atoms with Crippen molar-refractivity contribution in [2.45, 2.75) is 69.6 Å². The SMILES string of the molecule is CN(CCCNC(=O)CCl)c1nc(NC2CCN(C3CCCCC3)CC2)c2ccc(C(F)(F)F)cc2n1. The summed E-state index contributed by atoms with van der Waals surface area (Å²) in [6.07, 6.45) is 4.61. The van der Waals surface area contributed by atoms with Crippen LogP contribution in [0.1, 0.15) is 56.9 Å². The third-order valence-electron chi connectivity index (χ3n) is 7.43. The van der Waals surface area contributed by atoms with Crippen LogP contribution in [0, 0.1) is 0 Å². The number of halogens is 4. The lowest BCUT2D eigenvalue weighted by Gasteiger charge is -2.39. The molecule has 11 heteroatoms. The highest BCUT2D eigenvalue weighted by Gasteiger charge is 2.31. The average molecular weight is 541 g/mol. The lowest BCUT2D eigenvalue weighted by Crippen LogP contribution is -2.45. The van der Waals surface area contributed by atoms with Crippen LogP contribution in [0.4, 0.5) is 24.9 Å². The molecule has 2 N–H and O–H groups in total. The Morgan fingerprint density at radius 2 is 1.86 bits per heavy atom. The first-order valence-electron chi connectivity index (χ1n) is 13.2. The topological polar surface area (TPSA) is 73.4 Å².